The fourth-order valence-corrected chi connectivity index (χ4v) is 6.23. The summed E-state index contributed by atoms with van der Waals surface area (Å²) in [4.78, 5) is 11.1. The second-order valence-electron chi connectivity index (χ2n) is 11.9. The monoisotopic (exact) mass is 532 g/mol. The number of aryl methyl sites for hydroxylation is 2. The van der Waals surface area contributed by atoms with Crippen molar-refractivity contribution in [2.24, 2.45) is 17.8 Å². The minimum Gasteiger partial charge on any atom is -0.493 e. The average Bonchev–Trinajstić information content (AvgIpc) is 3.34. The molecule has 5 rings (SSSR count). The molecule has 2 fully saturated rings. The van der Waals surface area contributed by atoms with Crippen LogP contribution in [-0.4, -0.2) is 34.5 Å². The van der Waals surface area contributed by atoms with Gasteiger partial charge in [-0.25, -0.2) is 4.39 Å². The number of carbonyl (C=O) groups is 1. The van der Waals surface area contributed by atoms with Crippen LogP contribution in [0.5, 0.6) is 5.75 Å². The van der Waals surface area contributed by atoms with Crippen molar-refractivity contribution >= 4 is 5.97 Å². The molecule has 0 amide bonds. The van der Waals surface area contributed by atoms with E-state index in [0.29, 0.717) is 30.4 Å². The van der Waals surface area contributed by atoms with Gasteiger partial charge in [-0.2, -0.15) is 0 Å². The van der Waals surface area contributed by atoms with Crippen molar-refractivity contribution in [2.45, 2.75) is 65.3 Å². The normalized spacial score (nSPS) is 23.6. The standard InChI is InChI=1S/C33H37FO5/c1-18-12-25-22(14-26-27(32(25)26)16-30(35)36)15-29(18)39-17-23-13-21(6-7-28(23)34)31-19(2)10-24(11-20(31)3)38-9-8-33(4,5)37/h6-7,10-13,15,26-27,29,32,37H,1,8-9,14,16-17H2,2-5H3,(H,35,36)/t26?,27-,29?,32?/m0/s1. The first-order valence-electron chi connectivity index (χ1n) is 13.6. The fraction of sp³-hybridized carbons (Fsp3) is 0.424. The van der Waals surface area contributed by atoms with Crippen LogP contribution in [-0.2, 0) is 16.1 Å². The second-order valence-corrected chi connectivity index (χ2v) is 11.9. The number of halogens is 1. The smallest absolute Gasteiger partial charge is 0.303 e. The van der Waals surface area contributed by atoms with Gasteiger partial charge in [-0.15, -0.1) is 0 Å². The summed E-state index contributed by atoms with van der Waals surface area (Å²) in [6.07, 6.45) is 5.43. The summed E-state index contributed by atoms with van der Waals surface area (Å²) in [7, 11) is 0. The van der Waals surface area contributed by atoms with Gasteiger partial charge in [0, 0.05) is 18.4 Å². The first kappa shape index (κ1) is 27.4. The van der Waals surface area contributed by atoms with E-state index in [2.05, 4.69) is 18.7 Å². The third kappa shape index (κ3) is 5.87. The minimum absolute atomic E-state index is 0.112. The number of carboxylic acids is 1. The fourth-order valence-electron chi connectivity index (χ4n) is 6.23. The Balaban J connectivity index is 1.26. The summed E-state index contributed by atoms with van der Waals surface area (Å²) in [6.45, 7) is 12.3. The van der Waals surface area contributed by atoms with Crippen molar-refractivity contribution in [3.8, 4) is 16.9 Å². The van der Waals surface area contributed by atoms with E-state index in [-0.39, 0.29) is 30.9 Å². The van der Waals surface area contributed by atoms with Crippen LogP contribution in [0, 0.1) is 37.4 Å². The Hall–Kier alpha value is -3.22. The second kappa shape index (κ2) is 10.4. The maximum atomic E-state index is 14.8. The van der Waals surface area contributed by atoms with Crippen LogP contribution in [0.4, 0.5) is 4.39 Å². The third-order valence-electron chi connectivity index (χ3n) is 8.23. The summed E-state index contributed by atoms with van der Waals surface area (Å²) in [6, 6.07) is 9.07. The van der Waals surface area contributed by atoms with Crippen LogP contribution in [0.2, 0.25) is 0 Å². The summed E-state index contributed by atoms with van der Waals surface area (Å²) in [5, 5.41) is 19.1. The van der Waals surface area contributed by atoms with Crippen molar-refractivity contribution in [1.82, 2.24) is 0 Å². The lowest BCUT2D eigenvalue weighted by atomic mass is 9.90. The Morgan fingerprint density at radius 1 is 1.18 bits per heavy atom. The van der Waals surface area contributed by atoms with Crippen LogP contribution in [0.3, 0.4) is 0 Å². The zero-order chi connectivity index (χ0) is 28.1. The number of aliphatic carboxylic acids is 1. The van der Waals surface area contributed by atoms with Crippen LogP contribution in [0.1, 0.15) is 49.8 Å². The molecule has 2 aromatic carbocycles. The lowest BCUT2D eigenvalue weighted by Gasteiger charge is -2.23. The molecule has 0 radical (unpaired) electrons. The molecule has 2 saturated carbocycles. The highest BCUT2D eigenvalue weighted by molar-refractivity contribution is 5.72. The molecule has 0 bridgehead atoms. The number of ether oxygens (including phenoxy) is 2. The van der Waals surface area contributed by atoms with Crippen molar-refractivity contribution < 1.29 is 28.9 Å². The van der Waals surface area contributed by atoms with Gasteiger partial charge in [0.2, 0.25) is 0 Å². The Morgan fingerprint density at radius 2 is 1.90 bits per heavy atom. The van der Waals surface area contributed by atoms with Crippen LogP contribution >= 0.6 is 0 Å². The molecule has 0 saturated heterocycles. The van der Waals surface area contributed by atoms with Gasteiger partial charge < -0.3 is 19.7 Å². The van der Waals surface area contributed by atoms with Crippen molar-refractivity contribution in [1.29, 1.82) is 0 Å². The van der Waals surface area contributed by atoms with Gasteiger partial charge in [-0.05, 0) is 121 Å². The van der Waals surface area contributed by atoms with Gasteiger partial charge in [0.1, 0.15) is 17.7 Å². The maximum absolute atomic E-state index is 14.8. The highest BCUT2D eigenvalue weighted by Gasteiger charge is 2.58. The molecule has 4 atom stereocenters. The highest BCUT2D eigenvalue weighted by atomic mass is 19.1. The molecule has 206 valence electrons. The third-order valence-corrected chi connectivity index (χ3v) is 8.23. The molecule has 5 nitrogen and oxygen atoms in total. The molecule has 6 heteroatoms. The van der Waals surface area contributed by atoms with Crippen molar-refractivity contribution in [3.63, 3.8) is 0 Å². The number of carboxylic acid groups (broad SMARTS) is 1. The predicted molar refractivity (Wildman–Crippen MR) is 149 cm³/mol. The Bertz CT molecular complexity index is 1360. The van der Waals surface area contributed by atoms with E-state index < -0.39 is 11.6 Å². The molecular formula is C33H37FO5. The van der Waals surface area contributed by atoms with Gasteiger partial charge in [0.05, 0.1) is 18.8 Å². The number of fused-ring (bicyclic) bond motifs is 3. The number of hydrogen-bond acceptors (Lipinski definition) is 4. The number of allylic oxidation sites excluding steroid dienone is 2. The Kier molecular flexibility index (Phi) is 7.29. The lowest BCUT2D eigenvalue weighted by molar-refractivity contribution is -0.137. The molecule has 2 N–H and O–H groups in total. The lowest BCUT2D eigenvalue weighted by Crippen LogP contribution is -2.21. The maximum Gasteiger partial charge on any atom is 0.303 e. The zero-order valence-electron chi connectivity index (χ0n) is 23.1. The van der Waals surface area contributed by atoms with E-state index in [1.807, 2.05) is 32.0 Å². The number of hydrogen-bond donors (Lipinski definition) is 2. The molecule has 2 aromatic rings. The van der Waals surface area contributed by atoms with E-state index in [1.54, 1.807) is 19.9 Å². The van der Waals surface area contributed by atoms with E-state index in [0.717, 1.165) is 40.0 Å². The zero-order valence-corrected chi connectivity index (χ0v) is 23.1. The number of benzene rings is 2. The van der Waals surface area contributed by atoms with Gasteiger partial charge in [-0.1, -0.05) is 18.7 Å². The largest absolute Gasteiger partial charge is 0.493 e. The molecule has 0 aliphatic heterocycles. The van der Waals surface area contributed by atoms with Crippen LogP contribution in [0.15, 0.2) is 65.8 Å². The summed E-state index contributed by atoms with van der Waals surface area (Å²) >= 11 is 0. The Labute approximate surface area is 229 Å². The molecular weight excluding hydrogens is 495 g/mol. The molecule has 3 aliphatic rings. The topological polar surface area (TPSA) is 76.0 Å². The quantitative estimate of drug-likeness (QED) is 0.356. The van der Waals surface area contributed by atoms with E-state index in [4.69, 9.17) is 14.6 Å². The van der Waals surface area contributed by atoms with Crippen molar-refractivity contribution in [3.05, 3.63) is 88.3 Å². The van der Waals surface area contributed by atoms with Crippen LogP contribution in [0.25, 0.3) is 11.1 Å². The van der Waals surface area contributed by atoms with E-state index in [9.17, 15) is 14.3 Å². The predicted octanol–water partition coefficient (Wildman–Crippen LogP) is 6.70. The van der Waals surface area contributed by atoms with Crippen molar-refractivity contribution in [2.75, 3.05) is 6.61 Å². The van der Waals surface area contributed by atoms with Gasteiger partial charge >= 0.3 is 5.97 Å². The van der Waals surface area contributed by atoms with Crippen LogP contribution < -0.4 is 4.74 Å². The molecule has 0 spiro atoms. The van der Waals surface area contributed by atoms with E-state index in [1.165, 1.54) is 17.2 Å². The summed E-state index contributed by atoms with van der Waals surface area (Å²) in [5.74, 6) is 0.655. The number of aliphatic hydroxyl groups is 1. The molecule has 0 heterocycles. The summed E-state index contributed by atoms with van der Waals surface area (Å²) in [5.41, 5.74) is 6.94. The number of rotatable bonds is 10. The first-order valence-corrected chi connectivity index (χ1v) is 13.6. The van der Waals surface area contributed by atoms with Gasteiger partial charge in [0.15, 0.2) is 0 Å². The average molecular weight is 533 g/mol. The summed E-state index contributed by atoms with van der Waals surface area (Å²) < 4.78 is 26.9. The molecule has 3 aliphatic carbocycles. The SMILES string of the molecule is C=C1C=C2C(=CC1OCc1cc(-c3c(C)cc(OCCC(C)(C)O)cc3C)ccc1F)CC1C2[C@H]1CC(=O)O. The van der Waals surface area contributed by atoms with Gasteiger partial charge in [0.25, 0.3) is 0 Å². The minimum atomic E-state index is -0.780. The van der Waals surface area contributed by atoms with Gasteiger partial charge in [-0.3, -0.25) is 4.79 Å². The molecule has 0 aromatic heterocycles. The molecule has 39 heavy (non-hydrogen) atoms. The first-order chi connectivity index (χ1) is 18.4. The highest BCUT2D eigenvalue weighted by Crippen LogP contribution is 2.64. The molecule has 3 unspecified atom stereocenters. The van der Waals surface area contributed by atoms with E-state index >= 15 is 0 Å². The Morgan fingerprint density at radius 3 is 2.56 bits per heavy atom.